The fourth-order valence-corrected chi connectivity index (χ4v) is 9.18. The Morgan fingerprint density at radius 2 is 1.50 bits per heavy atom. The molecular formula is C28H48O4. The standard InChI is InChI=1S/C28H48O4/c1-15(2)16(3)25(31)26(32)17(4)20-7-8-21-19-14-24(30)23-13-18(29)9-11-28(23,6)22(19)10-12-27(20,21)5/h15-23,25-26,29,31-32H,7-14H2,1-6H3/t16?,17-,18-,19-,20+,21-,22-,23+,25+,26+,27+,28+/m0/s1. The Bertz CT molecular complexity index is 706. The molecule has 12 atom stereocenters. The van der Waals surface area contributed by atoms with Crippen LogP contribution in [0.1, 0.15) is 92.9 Å². The van der Waals surface area contributed by atoms with Gasteiger partial charge in [-0.25, -0.2) is 0 Å². The van der Waals surface area contributed by atoms with Gasteiger partial charge in [0.05, 0.1) is 18.3 Å². The number of aliphatic hydroxyl groups excluding tert-OH is 3. The number of fused-ring (bicyclic) bond motifs is 5. The van der Waals surface area contributed by atoms with Crippen molar-refractivity contribution in [2.24, 2.45) is 58.2 Å². The van der Waals surface area contributed by atoms with Crippen LogP contribution in [0.3, 0.4) is 0 Å². The van der Waals surface area contributed by atoms with E-state index >= 15 is 0 Å². The summed E-state index contributed by atoms with van der Waals surface area (Å²) in [5.74, 6) is 2.88. The number of aliphatic hydroxyl groups is 3. The topological polar surface area (TPSA) is 77.8 Å². The van der Waals surface area contributed by atoms with E-state index in [9.17, 15) is 20.1 Å². The summed E-state index contributed by atoms with van der Waals surface area (Å²) < 4.78 is 0. The third-order valence-electron chi connectivity index (χ3n) is 11.6. The summed E-state index contributed by atoms with van der Waals surface area (Å²) in [6, 6.07) is 0. The summed E-state index contributed by atoms with van der Waals surface area (Å²) in [6.45, 7) is 13.2. The zero-order valence-electron chi connectivity index (χ0n) is 21.3. The molecule has 0 aromatic carbocycles. The maximum absolute atomic E-state index is 13.3. The average molecular weight is 449 g/mol. The maximum atomic E-state index is 13.3. The fraction of sp³-hybridized carbons (Fsp3) is 0.964. The molecule has 1 unspecified atom stereocenters. The largest absolute Gasteiger partial charge is 0.393 e. The Morgan fingerprint density at radius 3 is 2.16 bits per heavy atom. The normalized spacial score (nSPS) is 47.9. The number of Topliss-reactive ketones (excluding diaryl/α,β-unsaturated/α-hetero) is 1. The molecule has 4 rings (SSSR count). The Hall–Kier alpha value is -0.450. The molecule has 3 N–H and O–H groups in total. The zero-order valence-corrected chi connectivity index (χ0v) is 21.3. The van der Waals surface area contributed by atoms with Gasteiger partial charge in [0, 0.05) is 12.3 Å². The molecule has 4 nitrogen and oxygen atoms in total. The molecule has 0 bridgehead atoms. The third kappa shape index (κ3) is 3.71. The highest BCUT2D eigenvalue weighted by Gasteiger charge is 2.63. The van der Waals surface area contributed by atoms with Crippen molar-refractivity contribution in [3.8, 4) is 0 Å². The van der Waals surface area contributed by atoms with Crippen LogP contribution >= 0.6 is 0 Å². The van der Waals surface area contributed by atoms with Gasteiger partial charge in [-0.2, -0.15) is 0 Å². The smallest absolute Gasteiger partial charge is 0.136 e. The summed E-state index contributed by atoms with van der Waals surface area (Å²) in [5.41, 5.74) is 0.187. The minimum atomic E-state index is -0.694. The highest BCUT2D eigenvalue weighted by Crippen LogP contribution is 2.67. The Labute approximate surface area is 195 Å². The van der Waals surface area contributed by atoms with Crippen LogP contribution in [0.25, 0.3) is 0 Å². The highest BCUT2D eigenvalue weighted by molar-refractivity contribution is 5.83. The van der Waals surface area contributed by atoms with E-state index in [1.807, 2.05) is 6.92 Å². The molecule has 4 heteroatoms. The highest BCUT2D eigenvalue weighted by atomic mass is 16.3. The molecular weight excluding hydrogens is 400 g/mol. The molecule has 0 radical (unpaired) electrons. The van der Waals surface area contributed by atoms with Crippen LogP contribution in [-0.2, 0) is 4.79 Å². The van der Waals surface area contributed by atoms with Crippen molar-refractivity contribution >= 4 is 5.78 Å². The van der Waals surface area contributed by atoms with E-state index in [1.54, 1.807) is 0 Å². The molecule has 0 amide bonds. The van der Waals surface area contributed by atoms with Crippen molar-refractivity contribution in [3.63, 3.8) is 0 Å². The number of carbonyl (C=O) groups is 1. The van der Waals surface area contributed by atoms with E-state index in [-0.39, 0.29) is 34.7 Å². The second kappa shape index (κ2) is 8.64. The number of carbonyl (C=O) groups excluding carboxylic acids is 1. The number of rotatable bonds is 5. The van der Waals surface area contributed by atoms with Crippen LogP contribution in [0.4, 0.5) is 0 Å². The lowest BCUT2D eigenvalue weighted by molar-refractivity contribution is -0.161. The van der Waals surface area contributed by atoms with Crippen LogP contribution in [0.15, 0.2) is 0 Å². The number of ketones is 1. The maximum Gasteiger partial charge on any atom is 0.136 e. The van der Waals surface area contributed by atoms with Gasteiger partial charge in [0.15, 0.2) is 0 Å². The van der Waals surface area contributed by atoms with E-state index in [4.69, 9.17) is 0 Å². The fourth-order valence-electron chi connectivity index (χ4n) is 9.18. The summed E-state index contributed by atoms with van der Waals surface area (Å²) in [5, 5.41) is 32.2. The molecule has 4 aliphatic rings. The van der Waals surface area contributed by atoms with Gasteiger partial charge in [0.1, 0.15) is 5.78 Å². The van der Waals surface area contributed by atoms with Crippen molar-refractivity contribution < 1.29 is 20.1 Å². The van der Waals surface area contributed by atoms with Crippen molar-refractivity contribution in [1.29, 1.82) is 0 Å². The van der Waals surface area contributed by atoms with Gasteiger partial charge in [-0.15, -0.1) is 0 Å². The monoisotopic (exact) mass is 448 g/mol. The molecule has 0 saturated heterocycles. The predicted molar refractivity (Wildman–Crippen MR) is 127 cm³/mol. The third-order valence-corrected chi connectivity index (χ3v) is 11.6. The van der Waals surface area contributed by atoms with Gasteiger partial charge in [0.2, 0.25) is 0 Å². The molecule has 0 aliphatic heterocycles. The summed E-state index contributed by atoms with van der Waals surface area (Å²) in [6.07, 6.45) is 6.05. The van der Waals surface area contributed by atoms with Crippen molar-refractivity contribution in [3.05, 3.63) is 0 Å². The molecule has 0 aromatic rings. The van der Waals surface area contributed by atoms with Crippen molar-refractivity contribution in [2.45, 2.75) is 111 Å². The second-order valence-corrected chi connectivity index (χ2v) is 13.2. The molecule has 0 aromatic heterocycles. The van der Waals surface area contributed by atoms with Gasteiger partial charge < -0.3 is 15.3 Å². The molecule has 4 saturated carbocycles. The lowest BCUT2D eigenvalue weighted by Crippen LogP contribution is -2.57. The molecule has 32 heavy (non-hydrogen) atoms. The minimum Gasteiger partial charge on any atom is -0.393 e. The van der Waals surface area contributed by atoms with E-state index in [1.165, 1.54) is 0 Å². The number of hydrogen-bond donors (Lipinski definition) is 3. The Balaban J connectivity index is 1.54. The lowest BCUT2D eigenvalue weighted by atomic mass is 9.44. The van der Waals surface area contributed by atoms with Gasteiger partial charge in [0.25, 0.3) is 0 Å². The first-order valence-corrected chi connectivity index (χ1v) is 13.5. The Morgan fingerprint density at radius 1 is 0.875 bits per heavy atom. The summed E-state index contributed by atoms with van der Waals surface area (Å²) in [7, 11) is 0. The quantitative estimate of drug-likeness (QED) is 0.563. The zero-order chi connectivity index (χ0) is 23.6. The lowest BCUT2D eigenvalue weighted by Gasteiger charge is -2.60. The average Bonchev–Trinajstić information content (AvgIpc) is 3.10. The molecule has 4 fully saturated rings. The predicted octanol–water partition coefficient (Wildman–Crippen LogP) is 4.84. The first-order valence-electron chi connectivity index (χ1n) is 13.5. The van der Waals surface area contributed by atoms with Gasteiger partial charge in [-0.3, -0.25) is 4.79 Å². The van der Waals surface area contributed by atoms with E-state index in [0.29, 0.717) is 48.2 Å². The van der Waals surface area contributed by atoms with Crippen LogP contribution in [-0.4, -0.2) is 39.4 Å². The molecule has 0 heterocycles. The summed E-state index contributed by atoms with van der Waals surface area (Å²) >= 11 is 0. The molecule has 4 aliphatic carbocycles. The van der Waals surface area contributed by atoms with Gasteiger partial charge in [-0.1, -0.05) is 41.5 Å². The Kier molecular flexibility index (Phi) is 6.66. The first kappa shape index (κ1) is 24.7. The van der Waals surface area contributed by atoms with E-state index in [0.717, 1.165) is 38.5 Å². The molecule has 184 valence electrons. The molecule has 0 spiro atoms. The number of hydrogen-bond acceptors (Lipinski definition) is 4. The minimum absolute atomic E-state index is 0.0440. The van der Waals surface area contributed by atoms with Crippen LogP contribution in [0.5, 0.6) is 0 Å². The van der Waals surface area contributed by atoms with Crippen LogP contribution in [0, 0.1) is 58.2 Å². The van der Waals surface area contributed by atoms with E-state index in [2.05, 4.69) is 34.6 Å². The van der Waals surface area contributed by atoms with Crippen molar-refractivity contribution in [2.75, 3.05) is 0 Å². The van der Waals surface area contributed by atoms with Crippen LogP contribution < -0.4 is 0 Å². The second-order valence-electron chi connectivity index (χ2n) is 13.2. The first-order chi connectivity index (χ1) is 14.9. The van der Waals surface area contributed by atoms with Gasteiger partial charge in [-0.05, 0) is 97.2 Å². The van der Waals surface area contributed by atoms with Crippen LogP contribution in [0.2, 0.25) is 0 Å². The summed E-state index contributed by atoms with van der Waals surface area (Å²) in [4.78, 5) is 13.3. The van der Waals surface area contributed by atoms with E-state index < -0.39 is 12.2 Å². The van der Waals surface area contributed by atoms with Gasteiger partial charge >= 0.3 is 0 Å². The SMILES string of the molecule is CC(C)C(C)[C@@H](O)[C@H](O)[C@@H](C)[C@H]1CC[C@H]2[C@@H]3CC(=O)[C@H]4C[C@@H](O)CC[C@]4(C)[C@H]3CC[C@]12C. The van der Waals surface area contributed by atoms with Crippen molar-refractivity contribution in [1.82, 2.24) is 0 Å².